The van der Waals surface area contributed by atoms with Crippen molar-refractivity contribution in [2.45, 2.75) is 39.1 Å². The van der Waals surface area contributed by atoms with Gasteiger partial charge >= 0.3 is 0 Å². The first kappa shape index (κ1) is 14.7. The van der Waals surface area contributed by atoms with E-state index in [9.17, 15) is 8.42 Å². The molecule has 0 bridgehead atoms. The summed E-state index contributed by atoms with van der Waals surface area (Å²) in [6.07, 6.45) is 3.27. The predicted octanol–water partition coefficient (Wildman–Crippen LogP) is 2.12. The van der Waals surface area contributed by atoms with Crippen molar-refractivity contribution in [2.75, 3.05) is 0 Å². The summed E-state index contributed by atoms with van der Waals surface area (Å²) in [5.41, 5.74) is 4.36. The Morgan fingerprint density at radius 1 is 1.15 bits per heavy atom. The van der Waals surface area contributed by atoms with Crippen LogP contribution in [0.25, 0.3) is 0 Å². The number of aromatic nitrogens is 2. The van der Waals surface area contributed by atoms with E-state index in [0.717, 1.165) is 27.8 Å². The Morgan fingerprint density at radius 2 is 1.75 bits per heavy atom. The van der Waals surface area contributed by atoms with Gasteiger partial charge in [0.25, 0.3) is 0 Å². The number of aryl methyl sites for hydroxylation is 2. The number of benzene rings is 1. The van der Waals surface area contributed by atoms with E-state index in [1.807, 2.05) is 33.8 Å². The smallest absolute Gasteiger partial charge is 0.241 e. The van der Waals surface area contributed by atoms with Crippen molar-refractivity contribution < 1.29 is 8.42 Å². The van der Waals surface area contributed by atoms with Crippen LogP contribution in [0, 0.1) is 27.7 Å². The van der Waals surface area contributed by atoms with Crippen LogP contribution >= 0.6 is 0 Å². The normalized spacial score (nSPS) is 11.8. The number of hydrogen-bond acceptors (Lipinski definition) is 3. The molecule has 6 heteroatoms. The molecule has 0 radical (unpaired) electrons. The average molecular weight is 293 g/mol. The Kier molecular flexibility index (Phi) is 3.96. The zero-order valence-corrected chi connectivity index (χ0v) is 12.9. The van der Waals surface area contributed by atoms with E-state index in [2.05, 4.69) is 14.9 Å². The molecule has 0 amide bonds. The second-order valence-electron chi connectivity index (χ2n) is 5.02. The molecule has 1 aromatic heterocycles. The third-order valence-electron chi connectivity index (χ3n) is 3.59. The van der Waals surface area contributed by atoms with Gasteiger partial charge in [0.1, 0.15) is 0 Å². The Bertz CT molecular complexity index is 693. The van der Waals surface area contributed by atoms with Crippen LogP contribution in [0.5, 0.6) is 0 Å². The fraction of sp³-hybridized carbons (Fsp3) is 0.357. The molecule has 0 fully saturated rings. The lowest BCUT2D eigenvalue weighted by molar-refractivity contribution is 0.579. The fourth-order valence-corrected chi connectivity index (χ4v) is 3.84. The van der Waals surface area contributed by atoms with E-state index in [4.69, 9.17) is 0 Å². The average Bonchev–Trinajstić information content (AvgIpc) is 2.87. The van der Waals surface area contributed by atoms with Crippen LogP contribution < -0.4 is 4.72 Å². The quantitative estimate of drug-likeness (QED) is 0.906. The second-order valence-corrected chi connectivity index (χ2v) is 6.72. The molecule has 5 nitrogen and oxygen atoms in total. The van der Waals surface area contributed by atoms with Gasteiger partial charge in [0.05, 0.1) is 11.1 Å². The number of hydrogen-bond donors (Lipinski definition) is 2. The zero-order valence-electron chi connectivity index (χ0n) is 12.1. The van der Waals surface area contributed by atoms with Gasteiger partial charge in [-0.15, -0.1) is 0 Å². The van der Waals surface area contributed by atoms with E-state index in [0.29, 0.717) is 4.90 Å². The molecular weight excluding hydrogens is 274 g/mol. The molecule has 0 spiro atoms. The second kappa shape index (κ2) is 5.38. The molecule has 0 aliphatic heterocycles. The molecule has 2 aromatic rings. The zero-order chi connectivity index (χ0) is 14.9. The molecule has 0 aliphatic rings. The highest BCUT2D eigenvalue weighted by molar-refractivity contribution is 7.89. The first-order valence-corrected chi connectivity index (χ1v) is 7.86. The highest BCUT2D eigenvalue weighted by Gasteiger charge is 2.21. The molecule has 0 unspecified atom stereocenters. The number of nitrogens with zero attached hydrogens (tertiary/aromatic N) is 1. The summed E-state index contributed by atoms with van der Waals surface area (Å²) in [4.78, 5) is 0.387. The van der Waals surface area contributed by atoms with Crippen molar-refractivity contribution in [2.24, 2.45) is 0 Å². The van der Waals surface area contributed by atoms with Crippen molar-refractivity contribution in [3.63, 3.8) is 0 Å². The van der Waals surface area contributed by atoms with Crippen LogP contribution in [0.4, 0.5) is 0 Å². The van der Waals surface area contributed by atoms with Crippen molar-refractivity contribution in [3.8, 4) is 0 Å². The molecule has 0 saturated carbocycles. The molecule has 2 N–H and O–H groups in total. The third-order valence-corrected chi connectivity index (χ3v) is 5.26. The maximum Gasteiger partial charge on any atom is 0.241 e. The number of aromatic amines is 1. The Morgan fingerprint density at radius 3 is 2.25 bits per heavy atom. The molecule has 20 heavy (non-hydrogen) atoms. The largest absolute Gasteiger partial charge is 0.285 e. The Hall–Kier alpha value is -1.66. The molecular formula is C14H19N3O2S. The lowest BCUT2D eigenvalue weighted by Crippen LogP contribution is -2.25. The summed E-state index contributed by atoms with van der Waals surface area (Å²) >= 11 is 0. The first-order chi connectivity index (χ1) is 9.33. The number of nitrogens with one attached hydrogen (secondary N) is 2. The van der Waals surface area contributed by atoms with Crippen LogP contribution in [0.15, 0.2) is 23.4 Å². The van der Waals surface area contributed by atoms with Gasteiger partial charge in [-0.1, -0.05) is 6.07 Å². The van der Waals surface area contributed by atoms with E-state index in [-0.39, 0.29) is 6.54 Å². The summed E-state index contributed by atoms with van der Waals surface area (Å²) in [5.74, 6) is 0. The Labute approximate surface area is 119 Å². The maximum atomic E-state index is 12.5. The van der Waals surface area contributed by atoms with Gasteiger partial charge in [0.15, 0.2) is 0 Å². The molecule has 0 atom stereocenters. The van der Waals surface area contributed by atoms with Gasteiger partial charge in [0.2, 0.25) is 10.0 Å². The third kappa shape index (κ3) is 2.76. The van der Waals surface area contributed by atoms with Gasteiger partial charge in [-0.05, 0) is 49.9 Å². The topological polar surface area (TPSA) is 74.8 Å². The van der Waals surface area contributed by atoms with Crippen LogP contribution in [0.3, 0.4) is 0 Å². The van der Waals surface area contributed by atoms with Gasteiger partial charge in [0, 0.05) is 18.3 Å². The molecule has 0 aliphatic carbocycles. The SMILES string of the molecule is Cc1cc(C)c(C)c(S(=O)(=O)NCc2cn[nH]c2)c1C. The van der Waals surface area contributed by atoms with Crippen molar-refractivity contribution in [1.82, 2.24) is 14.9 Å². The highest BCUT2D eigenvalue weighted by atomic mass is 32.2. The van der Waals surface area contributed by atoms with E-state index in [1.54, 1.807) is 12.4 Å². The summed E-state index contributed by atoms with van der Waals surface area (Å²) < 4.78 is 27.7. The number of rotatable bonds is 4. The van der Waals surface area contributed by atoms with E-state index in [1.165, 1.54) is 0 Å². The molecule has 1 aromatic carbocycles. The predicted molar refractivity (Wildman–Crippen MR) is 78.0 cm³/mol. The minimum atomic E-state index is -3.53. The summed E-state index contributed by atoms with van der Waals surface area (Å²) in [7, 11) is -3.53. The van der Waals surface area contributed by atoms with Crippen molar-refractivity contribution in [1.29, 1.82) is 0 Å². The standard InChI is InChI=1S/C14H19N3O2S/c1-9-5-10(2)12(4)14(11(9)3)20(18,19)17-8-13-6-15-16-7-13/h5-7,17H,8H2,1-4H3,(H,15,16). The van der Waals surface area contributed by atoms with Crippen molar-refractivity contribution in [3.05, 3.63) is 46.3 Å². The summed E-state index contributed by atoms with van der Waals surface area (Å²) in [5, 5.41) is 6.46. The molecule has 2 rings (SSSR count). The highest BCUT2D eigenvalue weighted by Crippen LogP contribution is 2.25. The summed E-state index contributed by atoms with van der Waals surface area (Å²) in [6, 6.07) is 2.01. The first-order valence-electron chi connectivity index (χ1n) is 6.37. The lowest BCUT2D eigenvalue weighted by atomic mass is 10.0. The number of H-pyrrole nitrogens is 1. The van der Waals surface area contributed by atoms with Gasteiger partial charge in [-0.25, -0.2) is 13.1 Å². The maximum absolute atomic E-state index is 12.5. The summed E-state index contributed by atoms with van der Waals surface area (Å²) in [6.45, 7) is 7.76. The fourth-order valence-electron chi connectivity index (χ4n) is 2.21. The van der Waals surface area contributed by atoms with Gasteiger partial charge in [-0.3, -0.25) is 5.10 Å². The number of sulfonamides is 1. The van der Waals surface area contributed by atoms with Gasteiger partial charge in [-0.2, -0.15) is 5.10 Å². The van der Waals surface area contributed by atoms with Gasteiger partial charge < -0.3 is 0 Å². The van der Waals surface area contributed by atoms with E-state index < -0.39 is 10.0 Å². The Balaban J connectivity index is 2.39. The van der Waals surface area contributed by atoms with Crippen LogP contribution in [0.1, 0.15) is 27.8 Å². The van der Waals surface area contributed by atoms with Crippen LogP contribution in [-0.2, 0) is 16.6 Å². The molecule has 1 heterocycles. The lowest BCUT2D eigenvalue weighted by Gasteiger charge is -2.16. The van der Waals surface area contributed by atoms with Crippen molar-refractivity contribution >= 4 is 10.0 Å². The minimum Gasteiger partial charge on any atom is -0.285 e. The minimum absolute atomic E-state index is 0.227. The molecule has 0 saturated heterocycles. The van der Waals surface area contributed by atoms with E-state index >= 15 is 0 Å². The molecule has 108 valence electrons. The van der Waals surface area contributed by atoms with Crippen LogP contribution in [-0.4, -0.2) is 18.6 Å². The monoisotopic (exact) mass is 293 g/mol. The van der Waals surface area contributed by atoms with Crippen LogP contribution in [0.2, 0.25) is 0 Å².